The largest absolute Gasteiger partial charge is 1.00 e. The van der Waals surface area contributed by atoms with E-state index in [9.17, 15) is 14.7 Å². The summed E-state index contributed by atoms with van der Waals surface area (Å²) in [6.07, 6.45) is 2.66. The number of carbonyl (C=O) groups excluding carboxylic acids is 2. The zero-order valence-corrected chi connectivity index (χ0v) is 21.8. The Morgan fingerprint density at radius 2 is 1.81 bits per heavy atom. The van der Waals surface area contributed by atoms with Crippen molar-refractivity contribution in [2.75, 3.05) is 31.5 Å². The van der Waals surface area contributed by atoms with E-state index in [1.54, 1.807) is 54.6 Å². The number of hydrogen-bond donors (Lipinski definition) is 2. The first-order valence-corrected chi connectivity index (χ1v) is 12.1. The number of halogens is 2. The van der Waals surface area contributed by atoms with Gasteiger partial charge in [-0.05, 0) is 11.6 Å². The number of anilines is 1. The molecule has 3 fully saturated rings. The van der Waals surface area contributed by atoms with Gasteiger partial charge in [-0.1, -0.05) is 65.3 Å². The van der Waals surface area contributed by atoms with Crippen LogP contribution in [0.2, 0.25) is 5.02 Å². The maximum absolute atomic E-state index is 13.7. The Hall–Kier alpha value is -2.72. The van der Waals surface area contributed by atoms with Crippen molar-refractivity contribution in [1.29, 1.82) is 0 Å². The highest BCUT2D eigenvalue weighted by Crippen LogP contribution is 2.39. The molecule has 2 aromatic carbocycles. The van der Waals surface area contributed by atoms with Crippen LogP contribution >= 0.6 is 11.6 Å². The number of amides is 1. The minimum atomic E-state index is -2.05. The van der Waals surface area contributed by atoms with Gasteiger partial charge in [-0.15, -0.1) is 0 Å². The SMILES string of the molecule is O=C(C[N+]12CCC(CC1)C(OC(=O)[C@@](O)(c1ccccc1)c1ccccc1Cl)C2)Nc1ccon1.[Br-]. The summed E-state index contributed by atoms with van der Waals surface area (Å²) in [5.74, 6) is -0.374. The first-order chi connectivity index (χ1) is 16.9. The minimum absolute atomic E-state index is 0. The average molecular weight is 577 g/mol. The fraction of sp³-hybridized carbons (Fsp3) is 0.346. The molecule has 36 heavy (non-hydrogen) atoms. The molecule has 0 radical (unpaired) electrons. The Kier molecular flexibility index (Phi) is 7.85. The topological polar surface area (TPSA) is 102 Å². The van der Waals surface area contributed by atoms with Crippen LogP contribution in [-0.2, 0) is 19.9 Å². The fourth-order valence-corrected chi connectivity index (χ4v) is 5.65. The fourth-order valence-electron chi connectivity index (χ4n) is 5.38. The highest BCUT2D eigenvalue weighted by Gasteiger charge is 2.51. The molecule has 0 spiro atoms. The van der Waals surface area contributed by atoms with Crippen LogP contribution in [0.15, 0.2) is 71.4 Å². The van der Waals surface area contributed by atoms with Gasteiger partial charge in [0.05, 0.1) is 13.1 Å². The molecule has 8 nitrogen and oxygen atoms in total. The number of fused-ring (bicyclic) bond motifs is 3. The summed E-state index contributed by atoms with van der Waals surface area (Å²) in [6.45, 7) is 2.42. The van der Waals surface area contributed by atoms with E-state index in [4.69, 9.17) is 20.9 Å². The van der Waals surface area contributed by atoms with Gasteiger partial charge in [-0.3, -0.25) is 4.79 Å². The summed E-state index contributed by atoms with van der Waals surface area (Å²) in [5, 5.41) is 18.6. The average Bonchev–Trinajstić information content (AvgIpc) is 3.37. The van der Waals surface area contributed by atoms with Crippen molar-refractivity contribution in [3.8, 4) is 0 Å². The molecular formula is C26H27BrClN3O5. The molecule has 1 amide bonds. The third-order valence-corrected chi connectivity index (χ3v) is 7.56. The zero-order chi connectivity index (χ0) is 24.5. The van der Waals surface area contributed by atoms with Gasteiger partial charge in [0.15, 0.2) is 18.5 Å². The molecule has 2 atom stereocenters. The van der Waals surface area contributed by atoms with Crippen LogP contribution in [-0.4, -0.2) is 58.9 Å². The van der Waals surface area contributed by atoms with Crippen LogP contribution in [0.1, 0.15) is 24.0 Å². The molecule has 3 aliphatic rings. The minimum Gasteiger partial charge on any atom is -1.00 e. The van der Waals surface area contributed by atoms with E-state index in [2.05, 4.69) is 10.5 Å². The number of rotatable bonds is 7. The standard InChI is InChI=1S/C26H26ClN3O5.BrH/c27-21-9-5-4-8-20(21)26(33,19-6-2-1-3-7-19)25(32)35-22-16-30(13-10-18(22)11-14-30)17-24(31)28-23-12-15-34-29-23;/h1-9,12,15,18,22,33H,10-11,13-14,16-17H2;1H/t18?,22?,26-,30?;/m1./s1. The van der Waals surface area contributed by atoms with Gasteiger partial charge in [0.2, 0.25) is 5.60 Å². The van der Waals surface area contributed by atoms with E-state index < -0.39 is 17.7 Å². The van der Waals surface area contributed by atoms with Gasteiger partial charge in [0, 0.05) is 35.4 Å². The second kappa shape index (κ2) is 10.7. The van der Waals surface area contributed by atoms with Crippen LogP contribution < -0.4 is 22.3 Å². The van der Waals surface area contributed by atoms with Gasteiger partial charge in [-0.2, -0.15) is 0 Å². The number of nitrogens with zero attached hydrogens (tertiary/aromatic N) is 2. The third-order valence-electron chi connectivity index (χ3n) is 7.23. The van der Waals surface area contributed by atoms with Crippen molar-refractivity contribution >= 4 is 29.3 Å². The predicted octanol–water partition coefficient (Wildman–Crippen LogP) is 0.359. The smallest absolute Gasteiger partial charge is 0.348 e. The summed E-state index contributed by atoms with van der Waals surface area (Å²) < 4.78 is 11.3. The first-order valence-electron chi connectivity index (χ1n) is 11.7. The lowest BCUT2D eigenvalue weighted by Gasteiger charge is -2.51. The molecule has 2 N–H and O–H groups in total. The van der Waals surface area contributed by atoms with E-state index in [1.807, 2.05) is 6.07 Å². The van der Waals surface area contributed by atoms with Crippen molar-refractivity contribution in [3.05, 3.63) is 83.1 Å². The van der Waals surface area contributed by atoms with Crippen LogP contribution in [0.25, 0.3) is 0 Å². The number of ether oxygens (including phenoxy) is 1. The molecule has 0 aliphatic carbocycles. The number of nitrogens with one attached hydrogen (secondary N) is 1. The predicted molar refractivity (Wildman–Crippen MR) is 128 cm³/mol. The molecule has 1 unspecified atom stereocenters. The number of piperidine rings is 3. The maximum Gasteiger partial charge on any atom is 0.348 e. The van der Waals surface area contributed by atoms with E-state index in [0.717, 1.165) is 25.9 Å². The monoisotopic (exact) mass is 575 g/mol. The molecule has 3 aliphatic heterocycles. The highest BCUT2D eigenvalue weighted by atomic mass is 79.9. The lowest BCUT2D eigenvalue weighted by atomic mass is 9.82. The Labute approximate surface area is 224 Å². The molecule has 3 aromatic rings. The summed E-state index contributed by atoms with van der Waals surface area (Å²) in [6, 6.07) is 17.0. The van der Waals surface area contributed by atoms with Crippen LogP contribution in [0.3, 0.4) is 0 Å². The quantitative estimate of drug-likeness (QED) is 0.311. The van der Waals surface area contributed by atoms with Gasteiger partial charge < -0.3 is 41.1 Å². The first kappa shape index (κ1) is 26.3. The second-order valence-electron chi connectivity index (χ2n) is 9.40. The lowest BCUT2D eigenvalue weighted by molar-refractivity contribution is -0.939. The zero-order valence-electron chi connectivity index (χ0n) is 19.5. The van der Waals surface area contributed by atoms with Gasteiger partial charge in [0.25, 0.3) is 5.91 Å². The number of esters is 1. The summed E-state index contributed by atoms with van der Waals surface area (Å²) in [4.78, 5) is 26.3. The van der Waals surface area contributed by atoms with E-state index >= 15 is 0 Å². The number of hydrogen-bond acceptors (Lipinski definition) is 6. The number of carbonyl (C=O) groups is 2. The molecule has 6 rings (SSSR count). The van der Waals surface area contributed by atoms with Crippen LogP contribution in [0.4, 0.5) is 5.82 Å². The van der Waals surface area contributed by atoms with E-state index in [0.29, 0.717) is 22.4 Å². The molecule has 1 aromatic heterocycles. The Morgan fingerprint density at radius 1 is 1.11 bits per heavy atom. The third kappa shape index (κ3) is 5.06. The Balaban J connectivity index is 0.00000304. The molecule has 2 bridgehead atoms. The number of aliphatic hydroxyl groups is 1. The number of benzene rings is 2. The molecule has 190 valence electrons. The maximum atomic E-state index is 13.7. The number of quaternary nitrogens is 1. The molecule has 0 saturated carbocycles. The summed E-state index contributed by atoms with van der Waals surface area (Å²) in [7, 11) is 0. The molecule has 4 heterocycles. The van der Waals surface area contributed by atoms with E-state index in [1.165, 1.54) is 6.26 Å². The Bertz CT molecular complexity index is 1200. The van der Waals surface area contributed by atoms with Gasteiger partial charge >= 0.3 is 5.97 Å². The van der Waals surface area contributed by atoms with Crippen molar-refractivity contribution in [1.82, 2.24) is 5.16 Å². The van der Waals surface area contributed by atoms with Crippen LogP contribution in [0, 0.1) is 5.92 Å². The molecule has 3 saturated heterocycles. The number of aromatic nitrogens is 1. The second-order valence-corrected chi connectivity index (χ2v) is 9.81. The van der Waals surface area contributed by atoms with Crippen molar-refractivity contribution < 1.29 is 45.4 Å². The lowest BCUT2D eigenvalue weighted by Crippen LogP contribution is -3.00. The van der Waals surface area contributed by atoms with Gasteiger partial charge in [-0.25, -0.2) is 4.79 Å². The Morgan fingerprint density at radius 3 is 2.47 bits per heavy atom. The highest BCUT2D eigenvalue weighted by molar-refractivity contribution is 6.31. The van der Waals surface area contributed by atoms with Crippen molar-refractivity contribution in [2.45, 2.75) is 24.5 Å². The molecular weight excluding hydrogens is 550 g/mol. The molecule has 10 heteroatoms. The summed E-state index contributed by atoms with van der Waals surface area (Å²) in [5.41, 5.74) is -1.40. The summed E-state index contributed by atoms with van der Waals surface area (Å²) >= 11 is 6.42. The van der Waals surface area contributed by atoms with Gasteiger partial charge in [0.1, 0.15) is 12.8 Å². The van der Waals surface area contributed by atoms with Crippen molar-refractivity contribution in [2.24, 2.45) is 5.92 Å². The normalized spacial score (nSPS) is 24.3. The van der Waals surface area contributed by atoms with Crippen molar-refractivity contribution in [3.63, 3.8) is 0 Å². The van der Waals surface area contributed by atoms with Crippen LogP contribution in [0.5, 0.6) is 0 Å². The van der Waals surface area contributed by atoms with E-state index in [-0.39, 0.29) is 45.9 Å².